The molecule has 2 N–H and O–H groups in total. The molecule has 3 aromatic rings. The fourth-order valence-corrected chi connectivity index (χ4v) is 4.86. The average Bonchev–Trinajstić information content (AvgIpc) is 3.52. The molecule has 0 saturated carbocycles. The number of nitrogens with one attached hydrogen (secondary N) is 1. The number of carbonyl (C=O) groups excluding carboxylic acids is 1. The lowest BCUT2D eigenvalue weighted by atomic mass is 9.90. The Hall–Kier alpha value is -3.06. The Morgan fingerprint density at radius 2 is 1.82 bits per heavy atom. The first-order valence-corrected chi connectivity index (χ1v) is 12.5. The molecule has 2 atom stereocenters. The van der Waals surface area contributed by atoms with Crippen molar-refractivity contribution in [1.82, 2.24) is 25.5 Å². The first kappa shape index (κ1) is 24.1. The summed E-state index contributed by atoms with van der Waals surface area (Å²) in [6.45, 7) is 1.76. The van der Waals surface area contributed by atoms with Gasteiger partial charge in [0.1, 0.15) is 0 Å². The lowest BCUT2D eigenvalue weighted by molar-refractivity contribution is -0.127. The molecule has 1 amide bonds. The number of aliphatic hydroxyl groups is 1. The van der Waals surface area contributed by atoms with Gasteiger partial charge in [0.05, 0.1) is 6.10 Å². The second-order valence-corrected chi connectivity index (χ2v) is 9.38. The Balaban J connectivity index is 1.26. The number of rotatable bonds is 13. The monoisotopic (exact) mass is 461 g/mol. The van der Waals surface area contributed by atoms with Crippen LogP contribution in [0.15, 0.2) is 54.6 Å². The Morgan fingerprint density at radius 3 is 2.59 bits per heavy atom. The Morgan fingerprint density at radius 1 is 0.971 bits per heavy atom. The fraction of sp³-hybridized carbons (Fsp3) is 0.481. The fourth-order valence-electron chi connectivity index (χ4n) is 4.86. The van der Waals surface area contributed by atoms with Gasteiger partial charge in [-0.05, 0) is 61.1 Å². The average molecular weight is 462 g/mol. The van der Waals surface area contributed by atoms with Crippen LogP contribution in [0.2, 0.25) is 0 Å². The molecule has 2 aromatic carbocycles. The van der Waals surface area contributed by atoms with Gasteiger partial charge < -0.3 is 10.0 Å². The number of carbonyl (C=O) groups is 1. The van der Waals surface area contributed by atoms with E-state index in [1.807, 2.05) is 23.1 Å². The number of hydrogen-bond donors (Lipinski definition) is 2. The summed E-state index contributed by atoms with van der Waals surface area (Å²) in [7, 11) is 0. The van der Waals surface area contributed by atoms with Gasteiger partial charge in [-0.3, -0.25) is 4.79 Å². The summed E-state index contributed by atoms with van der Waals surface area (Å²) in [4.78, 5) is 13.8. The molecular weight excluding hydrogens is 426 g/mol. The standard InChI is InChI=1S/C27H35N5O2/c33-25(19-22-9-6-12-24(18-22)23-10-2-1-3-11-23)15-14-21(20-26-28-30-31-29-26)8-4-5-16-32-17-7-13-27(32)34/h1-3,6,9-12,18,21,25,33H,4-5,7-8,13-17,19-20H2,(H,28,29,30,31). The van der Waals surface area contributed by atoms with Gasteiger partial charge >= 0.3 is 0 Å². The van der Waals surface area contributed by atoms with Gasteiger partial charge in [-0.2, -0.15) is 5.21 Å². The molecule has 0 spiro atoms. The molecule has 1 aliphatic rings. The molecule has 2 unspecified atom stereocenters. The molecule has 34 heavy (non-hydrogen) atoms. The third kappa shape index (κ3) is 7.22. The number of aromatic nitrogens is 4. The van der Waals surface area contributed by atoms with E-state index >= 15 is 0 Å². The molecule has 7 heteroatoms. The molecule has 1 fully saturated rings. The highest BCUT2D eigenvalue weighted by molar-refractivity contribution is 5.78. The summed E-state index contributed by atoms with van der Waals surface area (Å²) in [5.74, 6) is 1.41. The van der Waals surface area contributed by atoms with Crippen molar-refractivity contribution < 1.29 is 9.90 Å². The van der Waals surface area contributed by atoms with Crippen LogP contribution in [0.4, 0.5) is 0 Å². The van der Waals surface area contributed by atoms with Gasteiger partial charge in [-0.1, -0.05) is 66.2 Å². The number of tetrazole rings is 1. The number of H-pyrrole nitrogens is 1. The minimum atomic E-state index is -0.388. The van der Waals surface area contributed by atoms with E-state index in [0.29, 0.717) is 24.7 Å². The third-order valence-electron chi connectivity index (χ3n) is 6.74. The van der Waals surface area contributed by atoms with Crippen molar-refractivity contribution in [2.75, 3.05) is 13.1 Å². The van der Waals surface area contributed by atoms with E-state index in [0.717, 1.165) is 69.4 Å². The zero-order chi connectivity index (χ0) is 23.6. The molecule has 0 aliphatic carbocycles. The van der Waals surface area contributed by atoms with Crippen molar-refractivity contribution >= 4 is 5.91 Å². The van der Waals surface area contributed by atoms with Crippen molar-refractivity contribution in [2.24, 2.45) is 5.92 Å². The van der Waals surface area contributed by atoms with Crippen LogP contribution in [-0.2, 0) is 17.6 Å². The highest BCUT2D eigenvalue weighted by atomic mass is 16.3. The van der Waals surface area contributed by atoms with Crippen LogP contribution in [0.25, 0.3) is 11.1 Å². The van der Waals surface area contributed by atoms with Gasteiger partial charge in [-0.25, -0.2) is 0 Å². The van der Waals surface area contributed by atoms with Crippen molar-refractivity contribution in [3.05, 3.63) is 66.0 Å². The number of amides is 1. The number of hydrogen-bond acceptors (Lipinski definition) is 5. The smallest absolute Gasteiger partial charge is 0.222 e. The molecule has 7 nitrogen and oxygen atoms in total. The molecular formula is C27H35N5O2. The van der Waals surface area contributed by atoms with Crippen molar-refractivity contribution in [2.45, 2.75) is 63.9 Å². The molecule has 1 aliphatic heterocycles. The zero-order valence-corrected chi connectivity index (χ0v) is 19.8. The summed E-state index contributed by atoms with van der Waals surface area (Å²) in [6, 6.07) is 18.8. The van der Waals surface area contributed by atoms with Crippen molar-refractivity contribution in [3.63, 3.8) is 0 Å². The van der Waals surface area contributed by atoms with Crippen LogP contribution < -0.4 is 0 Å². The van der Waals surface area contributed by atoms with Gasteiger partial charge in [-0.15, -0.1) is 10.2 Å². The normalized spacial score (nSPS) is 15.6. The number of likely N-dealkylation sites (tertiary alicyclic amines) is 1. The summed E-state index contributed by atoms with van der Waals surface area (Å²) in [5, 5.41) is 25.3. The Labute approximate surface area is 201 Å². The van der Waals surface area contributed by atoms with Crippen molar-refractivity contribution in [1.29, 1.82) is 0 Å². The molecule has 1 aromatic heterocycles. The molecule has 1 saturated heterocycles. The van der Waals surface area contributed by atoms with Crippen LogP contribution in [0, 0.1) is 5.92 Å². The Bertz CT molecular complexity index is 1010. The zero-order valence-electron chi connectivity index (χ0n) is 19.8. The van der Waals surface area contributed by atoms with E-state index in [4.69, 9.17) is 0 Å². The summed E-state index contributed by atoms with van der Waals surface area (Å²) in [6.07, 6.45) is 7.47. The number of nitrogens with zero attached hydrogens (tertiary/aromatic N) is 4. The third-order valence-corrected chi connectivity index (χ3v) is 6.74. The van der Waals surface area contributed by atoms with Crippen LogP contribution >= 0.6 is 0 Å². The maximum atomic E-state index is 11.8. The highest BCUT2D eigenvalue weighted by Gasteiger charge is 2.20. The van der Waals surface area contributed by atoms with Gasteiger partial charge in [0.15, 0.2) is 5.82 Å². The van der Waals surface area contributed by atoms with Crippen molar-refractivity contribution in [3.8, 4) is 11.1 Å². The van der Waals surface area contributed by atoms with E-state index in [1.54, 1.807) is 0 Å². The van der Waals surface area contributed by atoms with E-state index in [2.05, 4.69) is 57.0 Å². The first-order chi connectivity index (χ1) is 16.7. The topological polar surface area (TPSA) is 95.0 Å². The lowest BCUT2D eigenvalue weighted by Crippen LogP contribution is -2.25. The van der Waals surface area contributed by atoms with Gasteiger partial charge in [0, 0.05) is 25.9 Å². The Kier molecular flexibility index (Phi) is 8.79. The van der Waals surface area contributed by atoms with E-state index < -0.39 is 0 Å². The molecule has 4 rings (SSSR count). The second-order valence-electron chi connectivity index (χ2n) is 9.38. The summed E-state index contributed by atoms with van der Waals surface area (Å²) >= 11 is 0. The van der Waals surface area contributed by atoms with Gasteiger partial charge in [0.25, 0.3) is 0 Å². The van der Waals surface area contributed by atoms with Crippen LogP contribution in [0.1, 0.15) is 56.3 Å². The summed E-state index contributed by atoms with van der Waals surface area (Å²) in [5.41, 5.74) is 3.52. The summed E-state index contributed by atoms with van der Waals surface area (Å²) < 4.78 is 0. The van der Waals surface area contributed by atoms with E-state index in [1.165, 1.54) is 11.1 Å². The maximum Gasteiger partial charge on any atom is 0.222 e. The maximum absolute atomic E-state index is 11.8. The highest BCUT2D eigenvalue weighted by Crippen LogP contribution is 2.24. The molecule has 0 radical (unpaired) electrons. The number of aliphatic hydroxyl groups excluding tert-OH is 1. The van der Waals surface area contributed by atoms with Gasteiger partial charge in [0.2, 0.25) is 5.91 Å². The molecule has 180 valence electrons. The minimum Gasteiger partial charge on any atom is -0.393 e. The quantitative estimate of drug-likeness (QED) is 0.372. The van der Waals surface area contributed by atoms with E-state index in [-0.39, 0.29) is 6.10 Å². The predicted octanol–water partition coefficient (Wildman–Crippen LogP) is 4.20. The van der Waals surface area contributed by atoms with Crippen LogP contribution in [-0.4, -0.2) is 55.7 Å². The number of aromatic amines is 1. The largest absolute Gasteiger partial charge is 0.393 e. The second kappa shape index (κ2) is 12.4. The van der Waals surface area contributed by atoms with Crippen LogP contribution in [0.5, 0.6) is 0 Å². The SMILES string of the molecule is O=C1CCCN1CCCCC(CCC(O)Cc1cccc(-c2ccccc2)c1)Cc1nn[nH]n1. The van der Waals surface area contributed by atoms with E-state index in [9.17, 15) is 9.90 Å². The number of benzene rings is 2. The lowest BCUT2D eigenvalue weighted by Gasteiger charge is -2.19. The number of unbranched alkanes of at least 4 members (excludes halogenated alkanes) is 1. The van der Waals surface area contributed by atoms with Crippen LogP contribution in [0.3, 0.4) is 0 Å². The molecule has 0 bridgehead atoms. The predicted molar refractivity (Wildman–Crippen MR) is 132 cm³/mol. The first-order valence-electron chi connectivity index (χ1n) is 12.5. The molecule has 2 heterocycles. The minimum absolute atomic E-state index is 0.294.